The smallest absolute Gasteiger partial charge is 0.184 e. The average Bonchev–Trinajstić information content (AvgIpc) is 2.20. The monoisotopic (exact) mass is 223 g/mol. The van der Waals surface area contributed by atoms with Crippen molar-refractivity contribution in [3.05, 3.63) is 28.8 Å². The molecule has 0 saturated carbocycles. The van der Waals surface area contributed by atoms with Gasteiger partial charge in [0.2, 0.25) is 0 Å². The van der Waals surface area contributed by atoms with E-state index in [1.54, 1.807) is 18.2 Å². The highest BCUT2D eigenvalue weighted by molar-refractivity contribution is 6.32. The molecule has 4 heteroatoms. The third kappa shape index (κ3) is 3.61. The highest BCUT2D eigenvalue weighted by Crippen LogP contribution is 2.25. The highest BCUT2D eigenvalue weighted by Gasteiger charge is 2.05. The van der Waals surface area contributed by atoms with E-state index in [0.717, 1.165) is 5.56 Å². The molecule has 0 aliphatic rings. The molecule has 1 rings (SSSR count). The number of halogens is 1. The summed E-state index contributed by atoms with van der Waals surface area (Å²) in [6, 6.07) is 7.08. The summed E-state index contributed by atoms with van der Waals surface area (Å²) in [4.78, 5) is 11.0. The van der Waals surface area contributed by atoms with Crippen molar-refractivity contribution < 1.29 is 9.53 Å². The Kier molecular flexibility index (Phi) is 4.14. The molecule has 0 aliphatic carbocycles. The minimum absolute atomic E-state index is 0.114. The van der Waals surface area contributed by atoms with Gasteiger partial charge >= 0.3 is 0 Å². The van der Waals surface area contributed by atoms with Crippen molar-refractivity contribution in [3.63, 3.8) is 0 Å². The van der Waals surface area contributed by atoms with E-state index < -0.39 is 0 Å². The zero-order valence-electron chi connectivity index (χ0n) is 8.29. The number of ether oxygens (including phenoxy) is 1. The van der Waals surface area contributed by atoms with E-state index in [1.807, 2.05) is 13.0 Å². The fourth-order valence-electron chi connectivity index (χ4n) is 1.02. The minimum Gasteiger partial charge on any atom is -0.484 e. The lowest BCUT2D eigenvalue weighted by Crippen LogP contribution is -2.10. The number of nitrogens with zero attached hydrogens (tertiary/aromatic N) is 1. The molecule has 78 valence electrons. The normalized spacial score (nSPS) is 9.40. The number of carbonyl (C=O) groups is 1. The predicted molar refractivity (Wildman–Crippen MR) is 56.9 cm³/mol. The Balaban J connectivity index is 2.61. The van der Waals surface area contributed by atoms with Gasteiger partial charge in [0.25, 0.3) is 0 Å². The second kappa shape index (κ2) is 5.38. The SMILES string of the molecule is Cc1ccc(Cl)c(OCC(=O)CC#N)c1. The third-order valence-corrected chi connectivity index (χ3v) is 2.06. The Morgan fingerprint density at radius 1 is 1.60 bits per heavy atom. The molecule has 0 heterocycles. The molecule has 0 amide bonds. The van der Waals surface area contributed by atoms with Crippen LogP contribution < -0.4 is 4.74 Å². The summed E-state index contributed by atoms with van der Waals surface area (Å²) < 4.78 is 5.20. The summed E-state index contributed by atoms with van der Waals surface area (Å²) in [5.74, 6) is 0.220. The molecule has 15 heavy (non-hydrogen) atoms. The Labute approximate surface area is 93.2 Å². The maximum atomic E-state index is 11.0. The number of hydrogen-bond donors (Lipinski definition) is 0. The first-order chi connectivity index (χ1) is 7.13. The van der Waals surface area contributed by atoms with Gasteiger partial charge in [-0.1, -0.05) is 17.7 Å². The van der Waals surface area contributed by atoms with Gasteiger partial charge in [-0.25, -0.2) is 0 Å². The number of Topliss-reactive ketones (excluding diaryl/α,β-unsaturated/α-hetero) is 1. The van der Waals surface area contributed by atoms with Crippen LogP contribution in [-0.2, 0) is 4.79 Å². The summed E-state index contributed by atoms with van der Waals surface area (Å²) >= 11 is 5.86. The van der Waals surface area contributed by atoms with Crippen molar-refractivity contribution in [2.24, 2.45) is 0 Å². The Morgan fingerprint density at radius 3 is 3.00 bits per heavy atom. The zero-order valence-corrected chi connectivity index (χ0v) is 9.04. The lowest BCUT2D eigenvalue weighted by molar-refractivity contribution is -0.120. The fraction of sp³-hybridized carbons (Fsp3) is 0.273. The standard InChI is InChI=1S/C11H10ClNO2/c1-8-2-3-10(12)11(6-8)15-7-9(14)4-5-13/h2-3,6H,4,7H2,1H3. The van der Waals surface area contributed by atoms with Gasteiger partial charge in [-0.2, -0.15) is 5.26 Å². The van der Waals surface area contributed by atoms with Gasteiger partial charge in [-0.15, -0.1) is 0 Å². The van der Waals surface area contributed by atoms with Crippen molar-refractivity contribution in [2.45, 2.75) is 13.3 Å². The van der Waals surface area contributed by atoms with Crippen LogP contribution in [0, 0.1) is 18.3 Å². The van der Waals surface area contributed by atoms with Crippen molar-refractivity contribution in [3.8, 4) is 11.8 Å². The molecular formula is C11H10ClNO2. The van der Waals surface area contributed by atoms with Crippen LogP contribution >= 0.6 is 11.6 Å². The van der Waals surface area contributed by atoms with Crippen LogP contribution in [0.1, 0.15) is 12.0 Å². The number of benzene rings is 1. The van der Waals surface area contributed by atoms with Crippen LogP contribution in [0.4, 0.5) is 0 Å². The summed E-state index contributed by atoms with van der Waals surface area (Å²) in [5, 5.41) is 8.74. The predicted octanol–water partition coefficient (Wildman–Crippen LogP) is 2.51. The van der Waals surface area contributed by atoms with Gasteiger partial charge in [0.15, 0.2) is 5.78 Å². The topological polar surface area (TPSA) is 50.1 Å². The first-order valence-corrected chi connectivity index (χ1v) is 4.79. The molecule has 0 bridgehead atoms. The highest BCUT2D eigenvalue weighted by atomic mass is 35.5. The summed E-state index contributed by atoms with van der Waals surface area (Å²) in [7, 11) is 0. The number of aryl methyl sites for hydroxylation is 1. The molecule has 3 nitrogen and oxygen atoms in total. The second-order valence-corrected chi connectivity index (χ2v) is 3.50. The molecule has 0 saturated heterocycles. The van der Waals surface area contributed by atoms with Gasteiger partial charge in [0, 0.05) is 0 Å². The number of nitriles is 1. The minimum atomic E-state index is -0.255. The van der Waals surface area contributed by atoms with E-state index in [2.05, 4.69) is 0 Å². The Hall–Kier alpha value is -1.53. The summed E-state index contributed by atoms with van der Waals surface area (Å²) in [6.07, 6.45) is -0.135. The molecule has 0 radical (unpaired) electrons. The third-order valence-electron chi connectivity index (χ3n) is 1.75. The molecule has 0 aliphatic heterocycles. The average molecular weight is 224 g/mol. The Bertz CT molecular complexity index is 410. The van der Waals surface area contributed by atoms with Crippen LogP contribution in [0.3, 0.4) is 0 Å². The molecule has 0 N–H and O–H groups in total. The summed E-state index contributed by atoms with van der Waals surface area (Å²) in [6.45, 7) is 1.79. The van der Waals surface area contributed by atoms with Crippen LogP contribution in [0.5, 0.6) is 5.75 Å². The second-order valence-electron chi connectivity index (χ2n) is 3.10. The van der Waals surface area contributed by atoms with E-state index in [-0.39, 0.29) is 18.8 Å². The number of ketones is 1. The lowest BCUT2D eigenvalue weighted by atomic mass is 10.2. The molecule has 1 aromatic carbocycles. The van der Waals surface area contributed by atoms with Gasteiger partial charge in [-0.3, -0.25) is 4.79 Å². The lowest BCUT2D eigenvalue weighted by Gasteiger charge is -2.06. The van der Waals surface area contributed by atoms with E-state index in [4.69, 9.17) is 21.6 Å². The first-order valence-electron chi connectivity index (χ1n) is 4.41. The van der Waals surface area contributed by atoms with Crippen LogP contribution in [-0.4, -0.2) is 12.4 Å². The molecular weight excluding hydrogens is 214 g/mol. The van der Waals surface area contributed by atoms with E-state index >= 15 is 0 Å². The van der Waals surface area contributed by atoms with E-state index in [0.29, 0.717) is 10.8 Å². The van der Waals surface area contributed by atoms with E-state index in [9.17, 15) is 4.79 Å². The molecule has 1 aromatic rings. The van der Waals surface area contributed by atoms with E-state index in [1.165, 1.54) is 0 Å². The molecule has 0 spiro atoms. The number of rotatable bonds is 4. The quantitative estimate of drug-likeness (QED) is 0.788. The fourth-order valence-corrected chi connectivity index (χ4v) is 1.19. The molecule has 0 fully saturated rings. The van der Waals surface area contributed by atoms with Crippen molar-refractivity contribution in [2.75, 3.05) is 6.61 Å². The largest absolute Gasteiger partial charge is 0.484 e. The maximum Gasteiger partial charge on any atom is 0.184 e. The van der Waals surface area contributed by atoms with Crippen LogP contribution in [0.15, 0.2) is 18.2 Å². The first kappa shape index (κ1) is 11.5. The summed E-state index contributed by atoms with van der Waals surface area (Å²) in [5.41, 5.74) is 1.00. The molecule has 0 atom stereocenters. The van der Waals surface area contributed by atoms with Crippen LogP contribution in [0.25, 0.3) is 0 Å². The van der Waals surface area contributed by atoms with Gasteiger partial charge < -0.3 is 4.74 Å². The number of hydrogen-bond acceptors (Lipinski definition) is 3. The van der Waals surface area contributed by atoms with Crippen molar-refractivity contribution in [1.82, 2.24) is 0 Å². The zero-order chi connectivity index (χ0) is 11.3. The van der Waals surface area contributed by atoms with Crippen LogP contribution in [0.2, 0.25) is 5.02 Å². The van der Waals surface area contributed by atoms with Gasteiger partial charge in [0.1, 0.15) is 12.4 Å². The maximum absolute atomic E-state index is 11.0. The Morgan fingerprint density at radius 2 is 2.33 bits per heavy atom. The van der Waals surface area contributed by atoms with Gasteiger partial charge in [-0.05, 0) is 24.6 Å². The molecule has 0 unspecified atom stereocenters. The molecule has 0 aromatic heterocycles. The van der Waals surface area contributed by atoms with Gasteiger partial charge in [0.05, 0.1) is 17.5 Å². The van der Waals surface area contributed by atoms with Crippen molar-refractivity contribution >= 4 is 17.4 Å². The number of carbonyl (C=O) groups excluding carboxylic acids is 1. The van der Waals surface area contributed by atoms with Crippen molar-refractivity contribution in [1.29, 1.82) is 5.26 Å².